The first-order chi connectivity index (χ1) is 22.3. The number of methoxy groups -OCH3 is 1. The van der Waals surface area contributed by atoms with E-state index in [0.29, 0.717) is 16.0 Å². The minimum atomic E-state index is -1.10. The summed E-state index contributed by atoms with van der Waals surface area (Å²) in [4.78, 5) is 67.9. The van der Waals surface area contributed by atoms with E-state index in [1.54, 1.807) is 36.5 Å². The zero-order chi connectivity index (χ0) is 35.8. The maximum atomic E-state index is 11.3. The minimum Gasteiger partial charge on any atom is -0.478 e. The van der Waals surface area contributed by atoms with E-state index in [9.17, 15) is 24.0 Å². The van der Waals surface area contributed by atoms with E-state index in [0.717, 1.165) is 29.7 Å². The first-order valence-electron chi connectivity index (χ1n) is 12.4. The number of carboxylic acids is 1. The summed E-state index contributed by atoms with van der Waals surface area (Å²) < 4.78 is 13.7. The van der Waals surface area contributed by atoms with Gasteiger partial charge in [-0.05, 0) is 43.2 Å². The lowest BCUT2D eigenvalue weighted by molar-refractivity contribution is -0.131. The second-order valence-corrected chi connectivity index (χ2v) is 10.9. The Morgan fingerprint density at radius 1 is 1.04 bits per heavy atom. The van der Waals surface area contributed by atoms with Gasteiger partial charge in [-0.3, -0.25) is 10.2 Å². The third kappa shape index (κ3) is 19.0. The molecule has 7 N–H and O–H groups in total. The van der Waals surface area contributed by atoms with Crippen molar-refractivity contribution in [3.05, 3.63) is 91.3 Å². The van der Waals surface area contributed by atoms with Crippen LogP contribution in [0.25, 0.3) is 17.2 Å². The van der Waals surface area contributed by atoms with Crippen molar-refractivity contribution in [2.24, 2.45) is 11.5 Å². The topological polar surface area (TPSA) is 271 Å². The number of amidine groups is 1. The van der Waals surface area contributed by atoms with Crippen LogP contribution in [0.3, 0.4) is 0 Å². The molecule has 0 aliphatic heterocycles. The van der Waals surface area contributed by atoms with E-state index >= 15 is 0 Å². The van der Waals surface area contributed by atoms with Crippen molar-refractivity contribution < 1.29 is 28.3 Å². The molecule has 0 spiro atoms. The largest absolute Gasteiger partial charge is 0.478 e. The maximum Gasteiger partial charge on any atom is 0.341 e. The number of hydrogen-bond acceptors (Lipinski definition) is 17. The number of aliphatic carboxylic acids is 1. The van der Waals surface area contributed by atoms with Gasteiger partial charge in [-0.1, -0.05) is 35.3 Å². The summed E-state index contributed by atoms with van der Waals surface area (Å²) in [5.41, 5.74) is 9.40. The Morgan fingerprint density at radius 2 is 1.68 bits per heavy atom. The van der Waals surface area contributed by atoms with Crippen LogP contribution in [0.1, 0.15) is 15.9 Å². The molecule has 0 aromatic carbocycles. The van der Waals surface area contributed by atoms with Crippen LogP contribution in [0.4, 0.5) is 0 Å². The summed E-state index contributed by atoms with van der Waals surface area (Å²) in [5.74, 6) is -0.882. The molecule has 4 aromatic heterocycles. The number of nitrogens with zero attached hydrogens (tertiary/aromatic N) is 3. The highest BCUT2D eigenvalue weighted by molar-refractivity contribution is 8.13. The molecule has 254 valence electrons. The van der Waals surface area contributed by atoms with Gasteiger partial charge in [-0.2, -0.15) is 16.7 Å². The fourth-order valence-electron chi connectivity index (χ4n) is 2.31. The van der Waals surface area contributed by atoms with Gasteiger partial charge in [0.05, 0.1) is 23.6 Å². The molecule has 20 heteroatoms. The maximum absolute atomic E-state index is 11.3. The molecule has 4 rings (SSSR count). The number of fused-ring (bicyclic) bond motifs is 1. The first-order valence-corrected chi connectivity index (χ1v) is 17.5. The summed E-state index contributed by atoms with van der Waals surface area (Å²) >= 11 is 5.59. The van der Waals surface area contributed by atoms with E-state index in [1.165, 1.54) is 66.8 Å². The number of esters is 1. The second-order valence-electron chi connectivity index (χ2n) is 7.58. The van der Waals surface area contributed by atoms with Crippen molar-refractivity contribution >= 4 is 81.3 Å². The van der Waals surface area contributed by atoms with Crippen molar-refractivity contribution in [2.45, 2.75) is 10.3 Å². The number of thioether (sulfide) groups is 4. The number of ether oxygens (including phenoxy) is 1. The molecule has 16 nitrogen and oxygen atoms in total. The molecule has 0 saturated carbocycles. The predicted molar refractivity (Wildman–Crippen MR) is 187 cm³/mol. The summed E-state index contributed by atoms with van der Waals surface area (Å²) in [5, 5.41) is 16.8. The van der Waals surface area contributed by atoms with Crippen molar-refractivity contribution in [3.63, 3.8) is 0 Å². The number of aromatic amines is 1. The average molecular weight is 728 g/mol. The molecule has 0 fully saturated rings. The van der Waals surface area contributed by atoms with Gasteiger partial charge in [0.2, 0.25) is 5.71 Å². The molecule has 0 radical (unpaired) electrons. The van der Waals surface area contributed by atoms with Crippen LogP contribution >= 0.6 is 47.0 Å². The van der Waals surface area contributed by atoms with E-state index < -0.39 is 23.2 Å². The Labute approximate surface area is 285 Å². The summed E-state index contributed by atoms with van der Waals surface area (Å²) in [6.07, 6.45) is 13.5. The highest BCUT2D eigenvalue weighted by Crippen LogP contribution is 2.12. The number of rotatable bonds is 6. The van der Waals surface area contributed by atoms with Gasteiger partial charge in [0.25, 0.3) is 5.56 Å². The van der Waals surface area contributed by atoms with E-state index in [2.05, 4.69) is 29.1 Å². The molecule has 0 bridgehead atoms. The average Bonchev–Trinajstić information content (AvgIpc) is 3.08. The number of nitrogens with one attached hydrogen (secondary N) is 2. The Morgan fingerprint density at radius 3 is 2.15 bits per heavy atom. The number of H-pyrrole nitrogens is 1. The molecule has 0 aliphatic carbocycles. The number of carbonyl (C=O) groups excluding carboxylic acids is 1. The predicted octanol–water partition coefficient (Wildman–Crippen LogP) is 2.83. The van der Waals surface area contributed by atoms with Crippen molar-refractivity contribution in [1.29, 1.82) is 5.41 Å². The van der Waals surface area contributed by atoms with Gasteiger partial charge < -0.3 is 35.1 Å². The lowest BCUT2D eigenvalue weighted by Gasteiger charge is -1.95. The Hall–Kier alpha value is -4.37. The molecule has 0 atom stereocenters. The van der Waals surface area contributed by atoms with Gasteiger partial charge in [-0.25, -0.2) is 29.1 Å². The van der Waals surface area contributed by atoms with Crippen molar-refractivity contribution in [2.75, 3.05) is 38.0 Å². The first kappa shape index (κ1) is 42.6. The van der Waals surface area contributed by atoms with E-state index in [-0.39, 0.29) is 21.9 Å². The molecule has 47 heavy (non-hydrogen) atoms. The van der Waals surface area contributed by atoms with E-state index in [4.69, 9.17) is 26.4 Å². The van der Waals surface area contributed by atoms with Crippen molar-refractivity contribution in [3.8, 4) is 0 Å². The van der Waals surface area contributed by atoms with Gasteiger partial charge >= 0.3 is 23.2 Å². The van der Waals surface area contributed by atoms with Gasteiger partial charge in [-0.15, -0.1) is 0 Å². The van der Waals surface area contributed by atoms with Crippen LogP contribution in [0.5, 0.6) is 0 Å². The molecule has 0 amide bonds. The summed E-state index contributed by atoms with van der Waals surface area (Å²) in [6, 6.07) is 5.50. The highest BCUT2D eigenvalue weighted by Gasteiger charge is 2.04. The zero-order valence-electron chi connectivity index (χ0n) is 25.7. The molecule has 0 unspecified atom stereocenters. The zero-order valence-corrected chi connectivity index (χ0v) is 29.0. The van der Waals surface area contributed by atoms with Crippen LogP contribution in [-0.4, -0.2) is 80.2 Å². The van der Waals surface area contributed by atoms with Gasteiger partial charge in [0.15, 0.2) is 15.5 Å². The second kappa shape index (κ2) is 24.8. The molecule has 4 aromatic rings. The molecule has 0 aliphatic rings. The Balaban J connectivity index is 0.000000601. The summed E-state index contributed by atoms with van der Waals surface area (Å²) in [7, 11) is 1.26. The van der Waals surface area contributed by atoms with Crippen LogP contribution in [0.15, 0.2) is 82.5 Å². The normalized spacial score (nSPS) is 9.66. The lowest BCUT2D eigenvalue weighted by atomic mass is 10.3. The number of carboxylic acid groups (broad SMARTS) is 1. The third-order valence-electron chi connectivity index (χ3n) is 4.45. The van der Waals surface area contributed by atoms with E-state index in [1.807, 2.05) is 12.5 Å². The van der Waals surface area contributed by atoms with Crippen LogP contribution in [0, 0.1) is 5.41 Å². The van der Waals surface area contributed by atoms with Crippen LogP contribution < -0.4 is 28.3 Å². The third-order valence-corrected chi connectivity index (χ3v) is 6.38. The monoisotopic (exact) mass is 727 g/mol. The summed E-state index contributed by atoms with van der Waals surface area (Å²) in [6.45, 7) is 0. The lowest BCUT2D eigenvalue weighted by Crippen LogP contribution is -2.11. The van der Waals surface area contributed by atoms with Crippen LogP contribution in [0.2, 0.25) is 0 Å². The molecule has 4 heterocycles. The Kier molecular flexibility index (Phi) is 22.5. The number of carbonyl (C=O) groups is 2. The minimum absolute atomic E-state index is 0.171. The number of aromatic nitrogens is 4. The Bertz CT molecular complexity index is 1760. The fourth-order valence-corrected chi connectivity index (χ4v) is 2.99. The van der Waals surface area contributed by atoms with Crippen molar-refractivity contribution in [1.82, 2.24) is 19.9 Å². The SMILES string of the molecule is COC(=O)c1ccc(=O)oc1.CSC(=N)N.CSCN.CSc1ncc(/C=C\C(=O)O)c(=O)[nH]1.CSc1ncc2ccc(=O)oc2n1. The standard InChI is InChI=1S/C8H8N2O3S.C8H6N2O2S.C7H6O4.C2H6N2S.C2H7NS/c1-14-8-9-4-5(7(13)10-8)2-3-6(11)12;1-13-8-9-4-5-2-3-6(11)12-7(5)10-8;1-10-7(9)5-2-3-6(8)11-4-5;1-5-2(3)4;1-4-2-3/h2-4H,1H3,(H,11,12)(H,9,10,13);2-4H,1H3;2-4H,1H3;1H3,(H3,3,4);2-3H2,1H3/b3-2-;;;;. The quantitative estimate of drug-likeness (QED) is 0.0363. The highest BCUT2D eigenvalue weighted by atomic mass is 32.2. The molecular weight excluding hydrogens is 695 g/mol. The number of nitrogens with two attached hydrogens (primary N) is 2. The number of hydrogen-bond donors (Lipinski definition) is 5. The smallest absolute Gasteiger partial charge is 0.341 e. The van der Waals surface area contributed by atoms with Gasteiger partial charge in [0, 0.05) is 36.5 Å². The van der Waals surface area contributed by atoms with Gasteiger partial charge in [0.1, 0.15) is 6.26 Å². The molecule has 0 saturated heterocycles. The van der Waals surface area contributed by atoms with Crippen LogP contribution in [-0.2, 0) is 9.53 Å². The molecular formula is C27H33N7O9S4. The fraction of sp³-hybridized carbons (Fsp3) is 0.222.